The molecule has 0 saturated carbocycles. The molecule has 0 saturated heterocycles. The molecule has 0 radical (unpaired) electrons. The number of rotatable bonds is 16. The molecule has 2 aliphatic heterocycles. The van der Waals surface area contributed by atoms with Gasteiger partial charge in [0.1, 0.15) is 24.7 Å². The van der Waals surface area contributed by atoms with Crippen LogP contribution in [0.2, 0.25) is 0 Å². The number of thioether (sulfide) groups is 4. The highest BCUT2D eigenvalue weighted by Gasteiger charge is 2.14. The Labute approximate surface area is 261 Å². The number of benzene rings is 2. The summed E-state index contributed by atoms with van der Waals surface area (Å²) in [5.41, 5.74) is 2.36. The molecular weight excluding hydrogens is 593 g/mol. The van der Waals surface area contributed by atoms with E-state index in [0.29, 0.717) is 52.9 Å². The van der Waals surface area contributed by atoms with Gasteiger partial charge in [0.2, 0.25) is 0 Å². The first-order valence-electron chi connectivity index (χ1n) is 13.6. The molecule has 0 unspecified atom stereocenters. The van der Waals surface area contributed by atoms with E-state index in [2.05, 4.69) is 64.1 Å². The van der Waals surface area contributed by atoms with Gasteiger partial charge in [-0.1, -0.05) is 71.3 Å². The largest absolute Gasteiger partial charge is 0.491 e. The fourth-order valence-electron chi connectivity index (χ4n) is 3.62. The summed E-state index contributed by atoms with van der Waals surface area (Å²) >= 11 is 7.35. The van der Waals surface area contributed by atoms with Gasteiger partial charge in [-0.2, -0.15) is 0 Å². The fraction of sp³-hybridized carbons (Fsp3) is 0.375. The average Bonchev–Trinajstić information content (AvgIpc) is 3.46. The molecule has 2 aromatic rings. The Kier molecular flexibility index (Phi) is 13.7. The van der Waals surface area contributed by atoms with Crippen LogP contribution in [0.1, 0.15) is 38.8 Å². The van der Waals surface area contributed by atoms with Gasteiger partial charge < -0.3 is 23.7 Å². The molecule has 41 heavy (non-hydrogen) atoms. The van der Waals surface area contributed by atoms with Crippen LogP contribution < -0.4 is 9.47 Å². The highest BCUT2D eigenvalue weighted by Crippen LogP contribution is 2.50. The normalized spacial score (nSPS) is 15.2. The summed E-state index contributed by atoms with van der Waals surface area (Å²) in [5, 5.41) is 0. The van der Waals surface area contributed by atoms with Crippen molar-refractivity contribution in [3.63, 3.8) is 0 Å². The van der Waals surface area contributed by atoms with Crippen LogP contribution >= 0.6 is 47.0 Å². The van der Waals surface area contributed by atoms with Crippen LogP contribution in [0.5, 0.6) is 11.5 Å². The van der Waals surface area contributed by atoms with E-state index in [1.54, 1.807) is 0 Å². The van der Waals surface area contributed by atoms with Crippen molar-refractivity contribution in [1.82, 2.24) is 0 Å². The first kappa shape index (κ1) is 32.2. The zero-order valence-corrected chi connectivity index (χ0v) is 27.4. The molecule has 0 aromatic heterocycles. The number of hydrogen-bond acceptors (Lipinski definition) is 9. The van der Waals surface area contributed by atoms with Gasteiger partial charge in [0.05, 0.1) is 39.6 Å². The van der Waals surface area contributed by atoms with Gasteiger partial charge in [-0.05, 0) is 94.9 Å². The highest BCUT2D eigenvalue weighted by molar-refractivity contribution is 8.29. The summed E-state index contributed by atoms with van der Waals surface area (Å²) in [7, 11) is 0. The molecule has 220 valence electrons. The molecule has 0 fully saturated rings. The van der Waals surface area contributed by atoms with Crippen LogP contribution in [0.3, 0.4) is 0 Å². The van der Waals surface area contributed by atoms with E-state index in [4.69, 9.17) is 23.7 Å². The molecule has 0 aliphatic carbocycles. The Balaban J connectivity index is 0.948. The predicted octanol–water partition coefficient (Wildman–Crippen LogP) is 9.25. The van der Waals surface area contributed by atoms with Gasteiger partial charge in [0.15, 0.2) is 0 Å². The molecule has 0 bridgehead atoms. The lowest BCUT2D eigenvalue weighted by Gasteiger charge is -2.09. The monoisotopic (exact) mass is 630 g/mol. The van der Waals surface area contributed by atoms with Crippen molar-refractivity contribution in [2.75, 3.05) is 52.9 Å². The standard InChI is InChI=1S/C32H38O5S4/c1-23-24(2)39-31(38-23)21-27-5-9-29(10-6-27)36-19-17-34-15-13-33-14-16-35-18-20-37-30-11-7-28(8-12-30)22-32-40-25(3)26(4)41-32/h5-12,21-22H,13-20H2,1-4H3. The maximum atomic E-state index is 5.78. The Bertz CT molecular complexity index is 1120. The molecule has 4 rings (SSSR count). The van der Waals surface area contributed by atoms with Crippen molar-refractivity contribution in [1.29, 1.82) is 0 Å². The van der Waals surface area contributed by atoms with Crippen molar-refractivity contribution in [3.05, 3.63) is 87.8 Å². The van der Waals surface area contributed by atoms with E-state index in [0.717, 1.165) is 11.5 Å². The molecular formula is C32H38O5S4. The van der Waals surface area contributed by atoms with Crippen LogP contribution in [0.4, 0.5) is 0 Å². The lowest BCUT2D eigenvalue weighted by Crippen LogP contribution is -2.14. The second-order valence-electron chi connectivity index (χ2n) is 9.23. The van der Waals surface area contributed by atoms with Gasteiger partial charge in [-0.15, -0.1) is 0 Å². The van der Waals surface area contributed by atoms with Gasteiger partial charge in [0.25, 0.3) is 0 Å². The smallest absolute Gasteiger partial charge is 0.119 e. The van der Waals surface area contributed by atoms with Crippen LogP contribution in [-0.4, -0.2) is 52.9 Å². The lowest BCUT2D eigenvalue weighted by molar-refractivity contribution is 0.00499. The van der Waals surface area contributed by atoms with E-state index >= 15 is 0 Å². The predicted molar refractivity (Wildman–Crippen MR) is 179 cm³/mol. The summed E-state index contributed by atoms with van der Waals surface area (Å²) < 4.78 is 31.0. The van der Waals surface area contributed by atoms with Gasteiger partial charge in [-0.25, -0.2) is 0 Å². The number of ether oxygens (including phenoxy) is 5. The third-order valence-electron chi connectivity index (χ3n) is 6.07. The topological polar surface area (TPSA) is 46.2 Å². The second kappa shape index (κ2) is 17.4. The van der Waals surface area contributed by atoms with E-state index in [-0.39, 0.29) is 0 Å². The molecule has 0 N–H and O–H groups in total. The van der Waals surface area contributed by atoms with Crippen LogP contribution in [0.15, 0.2) is 76.6 Å². The summed E-state index contributed by atoms with van der Waals surface area (Å²) in [4.78, 5) is 5.53. The third kappa shape index (κ3) is 11.5. The van der Waals surface area contributed by atoms with Crippen molar-refractivity contribution in [2.45, 2.75) is 27.7 Å². The maximum absolute atomic E-state index is 5.78. The van der Waals surface area contributed by atoms with Gasteiger partial charge in [-0.3, -0.25) is 0 Å². The van der Waals surface area contributed by atoms with E-state index in [9.17, 15) is 0 Å². The van der Waals surface area contributed by atoms with Gasteiger partial charge >= 0.3 is 0 Å². The Morgan fingerprint density at radius 3 is 1.05 bits per heavy atom. The van der Waals surface area contributed by atoms with E-state index in [1.165, 1.54) is 39.2 Å². The second-order valence-corrected chi connectivity index (χ2v) is 14.8. The van der Waals surface area contributed by atoms with Crippen molar-refractivity contribution >= 4 is 59.2 Å². The summed E-state index contributed by atoms with van der Waals surface area (Å²) in [6.07, 6.45) is 4.43. The first-order valence-corrected chi connectivity index (χ1v) is 16.9. The molecule has 5 nitrogen and oxygen atoms in total. The lowest BCUT2D eigenvalue weighted by atomic mass is 10.2. The highest BCUT2D eigenvalue weighted by atomic mass is 32.2. The molecule has 0 amide bonds. The van der Waals surface area contributed by atoms with Crippen LogP contribution in [0.25, 0.3) is 12.2 Å². The van der Waals surface area contributed by atoms with E-state index in [1.807, 2.05) is 71.3 Å². The van der Waals surface area contributed by atoms with Crippen molar-refractivity contribution in [2.24, 2.45) is 0 Å². The summed E-state index contributed by atoms with van der Waals surface area (Å²) in [6.45, 7) is 12.8. The Hall–Kier alpha value is -1.72. The van der Waals surface area contributed by atoms with Gasteiger partial charge in [0, 0.05) is 8.47 Å². The Morgan fingerprint density at radius 2 is 0.732 bits per heavy atom. The zero-order valence-electron chi connectivity index (χ0n) is 24.1. The molecule has 2 aromatic carbocycles. The minimum atomic E-state index is 0.507. The Morgan fingerprint density at radius 1 is 0.439 bits per heavy atom. The van der Waals surface area contributed by atoms with Crippen molar-refractivity contribution in [3.8, 4) is 11.5 Å². The minimum absolute atomic E-state index is 0.507. The van der Waals surface area contributed by atoms with E-state index < -0.39 is 0 Å². The molecule has 0 atom stereocenters. The number of hydrogen-bond donors (Lipinski definition) is 0. The summed E-state index contributed by atoms with van der Waals surface area (Å²) in [5.74, 6) is 1.70. The van der Waals surface area contributed by atoms with Crippen molar-refractivity contribution < 1.29 is 23.7 Å². The van der Waals surface area contributed by atoms with Crippen LogP contribution in [-0.2, 0) is 14.2 Å². The molecule has 2 heterocycles. The fourth-order valence-corrected chi connectivity index (χ4v) is 8.52. The maximum Gasteiger partial charge on any atom is 0.119 e. The third-order valence-corrected chi connectivity index (χ3v) is 11.1. The molecule has 0 spiro atoms. The minimum Gasteiger partial charge on any atom is -0.491 e. The average molecular weight is 631 g/mol. The SMILES string of the molecule is CC1=C(C)SC(=Cc2ccc(OCCOCCOCCOCCOc3ccc(C=C4SC(C)=C(C)S4)cc3)cc2)S1. The molecule has 2 aliphatic rings. The number of allylic oxidation sites excluding steroid dienone is 4. The summed E-state index contributed by atoms with van der Waals surface area (Å²) in [6, 6.07) is 16.3. The zero-order chi connectivity index (χ0) is 28.9. The van der Waals surface area contributed by atoms with Crippen LogP contribution in [0, 0.1) is 0 Å². The quantitative estimate of drug-likeness (QED) is 0.169. The molecule has 9 heteroatoms. The first-order chi connectivity index (χ1) is 20.0.